The van der Waals surface area contributed by atoms with Crippen LogP contribution in [0.4, 0.5) is 0 Å². The smallest absolute Gasteiger partial charge is 0.223 e. The van der Waals surface area contributed by atoms with Crippen molar-refractivity contribution >= 4 is 18.3 Å². The van der Waals surface area contributed by atoms with Crippen LogP contribution in [0.2, 0.25) is 0 Å². The van der Waals surface area contributed by atoms with Crippen LogP contribution < -0.4 is 5.32 Å². The molecule has 1 rings (SSSR count). The van der Waals surface area contributed by atoms with Crippen LogP contribution in [-0.2, 0) is 17.8 Å². The lowest BCUT2D eigenvalue weighted by atomic mass is 10.1. The molecule has 102 valence electrons. The van der Waals surface area contributed by atoms with Crippen LogP contribution in [0.1, 0.15) is 24.5 Å². The zero-order valence-electron chi connectivity index (χ0n) is 11.4. The lowest BCUT2D eigenvalue weighted by molar-refractivity contribution is -0.130. The third kappa shape index (κ3) is 5.52. The molecule has 0 saturated carbocycles. The molecule has 0 fully saturated rings. The molecule has 18 heavy (non-hydrogen) atoms. The highest BCUT2D eigenvalue weighted by atomic mass is 35.5. The lowest BCUT2D eigenvalue weighted by Crippen LogP contribution is -2.28. The van der Waals surface area contributed by atoms with E-state index in [-0.39, 0.29) is 18.3 Å². The quantitative estimate of drug-likeness (QED) is 0.860. The first-order valence-electron chi connectivity index (χ1n) is 6.13. The van der Waals surface area contributed by atoms with Gasteiger partial charge in [-0.15, -0.1) is 12.4 Å². The van der Waals surface area contributed by atoms with Crippen molar-refractivity contribution in [3.63, 3.8) is 0 Å². The van der Waals surface area contributed by atoms with E-state index in [4.69, 9.17) is 0 Å². The predicted octanol–water partition coefficient (Wildman–Crippen LogP) is 2.24. The summed E-state index contributed by atoms with van der Waals surface area (Å²) in [6, 6.07) is 8.45. The van der Waals surface area contributed by atoms with Crippen molar-refractivity contribution in [2.75, 3.05) is 20.6 Å². The molecule has 0 unspecified atom stereocenters. The van der Waals surface area contributed by atoms with E-state index < -0.39 is 0 Å². The molecule has 0 heterocycles. The molecule has 1 aromatic carbocycles. The number of halogens is 1. The number of benzene rings is 1. The summed E-state index contributed by atoms with van der Waals surface area (Å²) in [4.78, 5) is 13.5. The van der Waals surface area contributed by atoms with E-state index in [0.29, 0.717) is 13.0 Å². The molecule has 1 aromatic rings. The summed E-state index contributed by atoms with van der Waals surface area (Å²) >= 11 is 0. The first-order valence-corrected chi connectivity index (χ1v) is 6.13. The van der Waals surface area contributed by atoms with E-state index in [1.165, 1.54) is 11.1 Å². The Hall–Kier alpha value is -1.06. The molecule has 0 atom stereocenters. The number of carbonyl (C=O) groups is 1. The van der Waals surface area contributed by atoms with Crippen molar-refractivity contribution in [1.82, 2.24) is 10.2 Å². The summed E-state index contributed by atoms with van der Waals surface area (Å²) in [6.45, 7) is 3.56. The average Bonchev–Trinajstić information content (AvgIpc) is 2.36. The van der Waals surface area contributed by atoms with E-state index in [1.54, 1.807) is 4.90 Å². The highest BCUT2D eigenvalue weighted by Gasteiger charge is 2.08. The molecule has 0 bridgehead atoms. The van der Waals surface area contributed by atoms with Gasteiger partial charge >= 0.3 is 0 Å². The Morgan fingerprint density at radius 2 is 1.78 bits per heavy atom. The number of nitrogens with one attached hydrogen (secondary N) is 1. The monoisotopic (exact) mass is 270 g/mol. The molecule has 0 aliphatic carbocycles. The summed E-state index contributed by atoms with van der Waals surface area (Å²) in [5, 5.41) is 2.98. The second kappa shape index (κ2) is 8.95. The van der Waals surface area contributed by atoms with Gasteiger partial charge in [-0.3, -0.25) is 4.79 Å². The Labute approximate surface area is 116 Å². The second-order valence-electron chi connectivity index (χ2n) is 4.27. The van der Waals surface area contributed by atoms with Crippen LogP contribution in [0, 0.1) is 0 Å². The Morgan fingerprint density at radius 1 is 1.22 bits per heavy atom. The van der Waals surface area contributed by atoms with Crippen LogP contribution in [0.15, 0.2) is 24.3 Å². The van der Waals surface area contributed by atoms with Gasteiger partial charge in [0, 0.05) is 26.6 Å². The van der Waals surface area contributed by atoms with Crippen LogP contribution in [0.5, 0.6) is 0 Å². The molecule has 0 spiro atoms. The Balaban J connectivity index is 0.00000289. The van der Waals surface area contributed by atoms with Crippen LogP contribution in [0.25, 0.3) is 0 Å². The van der Waals surface area contributed by atoms with E-state index in [2.05, 4.69) is 36.5 Å². The minimum absolute atomic E-state index is 0. The zero-order valence-corrected chi connectivity index (χ0v) is 12.2. The number of hydrogen-bond donors (Lipinski definition) is 1. The molecule has 0 aliphatic heterocycles. The standard InChI is InChI=1S/C14H22N2O.ClH/c1-4-12-5-7-13(8-6-12)11-16(3)14(17)9-10-15-2;/h5-8,15H,4,9-11H2,1-3H3;1H. The molecular formula is C14H23ClN2O. The Morgan fingerprint density at radius 3 is 2.28 bits per heavy atom. The number of nitrogens with zero attached hydrogens (tertiary/aromatic N) is 1. The van der Waals surface area contributed by atoms with E-state index in [1.807, 2.05) is 14.1 Å². The van der Waals surface area contributed by atoms with E-state index in [0.717, 1.165) is 13.0 Å². The van der Waals surface area contributed by atoms with Crippen molar-refractivity contribution < 1.29 is 4.79 Å². The van der Waals surface area contributed by atoms with Gasteiger partial charge in [-0.2, -0.15) is 0 Å². The normalized spacial score (nSPS) is 9.72. The third-order valence-electron chi connectivity index (χ3n) is 2.87. The van der Waals surface area contributed by atoms with Gasteiger partial charge in [0.1, 0.15) is 0 Å². The van der Waals surface area contributed by atoms with Gasteiger partial charge < -0.3 is 10.2 Å². The zero-order chi connectivity index (χ0) is 12.7. The average molecular weight is 271 g/mol. The third-order valence-corrected chi connectivity index (χ3v) is 2.87. The fourth-order valence-electron chi connectivity index (χ4n) is 1.67. The van der Waals surface area contributed by atoms with Gasteiger partial charge in [-0.25, -0.2) is 0 Å². The Kier molecular flexibility index (Phi) is 8.42. The van der Waals surface area contributed by atoms with Gasteiger partial charge in [0.25, 0.3) is 0 Å². The molecule has 0 saturated heterocycles. The number of carbonyl (C=O) groups excluding carboxylic acids is 1. The maximum absolute atomic E-state index is 11.7. The summed E-state index contributed by atoms with van der Waals surface area (Å²) in [6.07, 6.45) is 1.61. The number of hydrogen-bond acceptors (Lipinski definition) is 2. The minimum atomic E-state index is 0. The van der Waals surface area contributed by atoms with Gasteiger partial charge in [0.2, 0.25) is 5.91 Å². The van der Waals surface area contributed by atoms with E-state index >= 15 is 0 Å². The van der Waals surface area contributed by atoms with Crippen molar-refractivity contribution in [3.8, 4) is 0 Å². The van der Waals surface area contributed by atoms with Crippen LogP contribution >= 0.6 is 12.4 Å². The fourth-order valence-corrected chi connectivity index (χ4v) is 1.67. The summed E-state index contributed by atoms with van der Waals surface area (Å²) in [7, 11) is 3.71. The first-order chi connectivity index (χ1) is 8.17. The topological polar surface area (TPSA) is 32.3 Å². The molecule has 1 N–H and O–H groups in total. The van der Waals surface area contributed by atoms with Crippen molar-refractivity contribution in [3.05, 3.63) is 35.4 Å². The van der Waals surface area contributed by atoms with Gasteiger partial charge in [-0.1, -0.05) is 31.2 Å². The lowest BCUT2D eigenvalue weighted by Gasteiger charge is -2.17. The van der Waals surface area contributed by atoms with Crippen molar-refractivity contribution in [2.24, 2.45) is 0 Å². The molecular weight excluding hydrogens is 248 g/mol. The molecule has 4 heteroatoms. The van der Waals surface area contributed by atoms with Gasteiger partial charge in [0.15, 0.2) is 0 Å². The van der Waals surface area contributed by atoms with Gasteiger partial charge in [0.05, 0.1) is 0 Å². The summed E-state index contributed by atoms with van der Waals surface area (Å²) in [5.41, 5.74) is 2.51. The van der Waals surface area contributed by atoms with Crippen molar-refractivity contribution in [1.29, 1.82) is 0 Å². The molecule has 0 aliphatic rings. The highest BCUT2D eigenvalue weighted by molar-refractivity contribution is 5.85. The SMILES string of the molecule is CCc1ccc(CN(C)C(=O)CCNC)cc1.Cl. The number of rotatable bonds is 6. The van der Waals surface area contributed by atoms with Crippen molar-refractivity contribution in [2.45, 2.75) is 26.3 Å². The molecule has 3 nitrogen and oxygen atoms in total. The highest BCUT2D eigenvalue weighted by Crippen LogP contribution is 2.07. The van der Waals surface area contributed by atoms with Crippen LogP contribution in [0.3, 0.4) is 0 Å². The number of amides is 1. The summed E-state index contributed by atoms with van der Waals surface area (Å²) < 4.78 is 0. The molecule has 1 amide bonds. The summed E-state index contributed by atoms with van der Waals surface area (Å²) in [5.74, 6) is 0.180. The maximum Gasteiger partial charge on any atom is 0.223 e. The largest absolute Gasteiger partial charge is 0.341 e. The second-order valence-corrected chi connectivity index (χ2v) is 4.27. The van der Waals surface area contributed by atoms with Gasteiger partial charge in [-0.05, 0) is 24.6 Å². The van der Waals surface area contributed by atoms with Crippen LogP contribution in [-0.4, -0.2) is 31.4 Å². The minimum Gasteiger partial charge on any atom is -0.341 e. The molecule has 0 aromatic heterocycles. The predicted molar refractivity (Wildman–Crippen MR) is 78.1 cm³/mol. The Bertz CT molecular complexity index is 351. The maximum atomic E-state index is 11.7. The fraction of sp³-hybridized carbons (Fsp3) is 0.500. The first kappa shape index (κ1) is 16.9. The number of aryl methyl sites for hydroxylation is 1. The van der Waals surface area contributed by atoms with E-state index in [9.17, 15) is 4.79 Å². The molecule has 0 radical (unpaired) electrons.